The van der Waals surface area contributed by atoms with Crippen LogP contribution < -0.4 is 14.8 Å². The number of carbonyl (C=O) groups excluding carboxylic acids is 1. The third-order valence-electron chi connectivity index (χ3n) is 4.75. The number of carbonyl (C=O) groups is 1. The van der Waals surface area contributed by atoms with Crippen LogP contribution in [-0.4, -0.2) is 29.3 Å². The lowest BCUT2D eigenvalue weighted by atomic mass is 10.1. The van der Waals surface area contributed by atoms with Gasteiger partial charge in [-0.25, -0.2) is 0 Å². The number of rotatable bonds is 5. The van der Waals surface area contributed by atoms with Gasteiger partial charge in [-0.15, -0.1) is 0 Å². The molecule has 1 aromatic heterocycles. The highest BCUT2D eigenvalue weighted by Crippen LogP contribution is 2.38. The quantitative estimate of drug-likeness (QED) is 0.630. The molecule has 4 rings (SSSR count). The summed E-state index contributed by atoms with van der Waals surface area (Å²) in [5.74, 6) is 2.02. The Morgan fingerprint density at radius 1 is 1.23 bits per heavy atom. The van der Waals surface area contributed by atoms with Crippen LogP contribution in [0, 0.1) is 6.92 Å². The van der Waals surface area contributed by atoms with E-state index in [0.717, 1.165) is 11.1 Å². The van der Waals surface area contributed by atoms with E-state index in [4.69, 9.17) is 25.6 Å². The molecule has 0 atom stereocenters. The largest absolute Gasteiger partial charge is 0.486 e. The van der Waals surface area contributed by atoms with Gasteiger partial charge in [0.05, 0.1) is 22.7 Å². The fourth-order valence-electron chi connectivity index (χ4n) is 3.23. The monoisotopic (exact) mass is 427 g/mol. The summed E-state index contributed by atoms with van der Waals surface area (Å²) in [7, 11) is 0. The topological polar surface area (TPSA) is 86.5 Å². The van der Waals surface area contributed by atoms with E-state index in [1.807, 2.05) is 39.0 Å². The van der Waals surface area contributed by atoms with Gasteiger partial charge in [0.1, 0.15) is 13.2 Å². The lowest BCUT2D eigenvalue weighted by Crippen LogP contribution is -2.18. The standard InChI is InChI=1S/C22H22ClN3O4/c1-12(2)21-25-22(30-26-21)15-6-4-5-13(3)19(15)24-18(27)11-14-9-16(23)20-17(10-14)28-7-8-29-20/h4-6,9-10,12H,7-8,11H2,1-3H3,(H,24,27). The molecule has 8 heteroatoms. The van der Waals surface area contributed by atoms with Crippen molar-refractivity contribution in [1.82, 2.24) is 10.1 Å². The lowest BCUT2D eigenvalue weighted by molar-refractivity contribution is -0.115. The molecule has 30 heavy (non-hydrogen) atoms. The third-order valence-corrected chi connectivity index (χ3v) is 5.03. The number of ether oxygens (including phenoxy) is 2. The van der Waals surface area contributed by atoms with Gasteiger partial charge in [0, 0.05) is 5.92 Å². The molecule has 3 aromatic rings. The number of nitrogens with one attached hydrogen (secondary N) is 1. The van der Waals surface area contributed by atoms with E-state index in [-0.39, 0.29) is 18.2 Å². The van der Waals surface area contributed by atoms with Crippen molar-refractivity contribution in [3.05, 3.63) is 52.3 Å². The minimum atomic E-state index is -0.193. The van der Waals surface area contributed by atoms with E-state index in [1.165, 1.54) is 0 Å². The van der Waals surface area contributed by atoms with Crippen molar-refractivity contribution in [2.24, 2.45) is 0 Å². The van der Waals surface area contributed by atoms with Gasteiger partial charge in [-0.1, -0.05) is 42.7 Å². The fourth-order valence-corrected chi connectivity index (χ4v) is 3.51. The Bertz CT molecular complexity index is 1090. The molecular formula is C22H22ClN3O4. The van der Waals surface area contributed by atoms with E-state index in [0.29, 0.717) is 52.7 Å². The molecule has 0 fully saturated rings. The first-order valence-electron chi connectivity index (χ1n) is 9.74. The molecule has 1 aliphatic heterocycles. The van der Waals surface area contributed by atoms with Gasteiger partial charge < -0.3 is 19.3 Å². The average Bonchev–Trinajstić information content (AvgIpc) is 3.20. The molecule has 2 aromatic carbocycles. The molecule has 0 unspecified atom stereocenters. The minimum Gasteiger partial charge on any atom is -0.486 e. The van der Waals surface area contributed by atoms with Crippen molar-refractivity contribution < 1.29 is 18.8 Å². The summed E-state index contributed by atoms with van der Waals surface area (Å²) in [5.41, 5.74) is 2.95. The maximum atomic E-state index is 12.8. The number of benzene rings is 2. The van der Waals surface area contributed by atoms with Gasteiger partial charge in [-0.05, 0) is 36.2 Å². The number of para-hydroxylation sites is 1. The molecule has 7 nitrogen and oxygen atoms in total. The molecule has 156 valence electrons. The van der Waals surface area contributed by atoms with Gasteiger partial charge in [-0.3, -0.25) is 4.79 Å². The first-order chi connectivity index (χ1) is 14.4. The first-order valence-corrected chi connectivity index (χ1v) is 10.1. The summed E-state index contributed by atoms with van der Waals surface area (Å²) in [6.07, 6.45) is 0.130. The summed E-state index contributed by atoms with van der Waals surface area (Å²) in [6, 6.07) is 9.16. The number of anilines is 1. The smallest absolute Gasteiger partial charge is 0.260 e. The highest BCUT2D eigenvalue weighted by atomic mass is 35.5. The van der Waals surface area contributed by atoms with Crippen LogP contribution in [0.2, 0.25) is 5.02 Å². The number of halogens is 1. The van der Waals surface area contributed by atoms with Crippen LogP contribution in [0.4, 0.5) is 5.69 Å². The van der Waals surface area contributed by atoms with E-state index in [1.54, 1.807) is 12.1 Å². The molecule has 0 spiro atoms. The molecule has 2 heterocycles. The van der Waals surface area contributed by atoms with Crippen LogP contribution in [-0.2, 0) is 11.2 Å². The fraction of sp³-hybridized carbons (Fsp3) is 0.318. The number of aromatic nitrogens is 2. The van der Waals surface area contributed by atoms with Crippen molar-refractivity contribution in [3.63, 3.8) is 0 Å². The van der Waals surface area contributed by atoms with E-state index in [9.17, 15) is 4.79 Å². The Balaban J connectivity index is 1.57. The van der Waals surface area contributed by atoms with Gasteiger partial charge in [0.2, 0.25) is 5.91 Å². The Kier molecular flexibility index (Phi) is 5.63. The Labute approximate surface area is 179 Å². The summed E-state index contributed by atoms with van der Waals surface area (Å²) in [5, 5.41) is 7.43. The van der Waals surface area contributed by atoms with E-state index < -0.39 is 0 Å². The highest BCUT2D eigenvalue weighted by Gasteiger charge is 2.20. The van der Waals surface area contributed by atoms with Crippen molar-refractivity contribution in [1.29, 1.82) is 0 Å². The Hall–Kier alpha value is -3.06. The van der Waals surface area contributed by atoms with Crippen LogP contribution >= 0.6 is 11.6 Å². The zero-order chi connectivity index (χ0) is 21.3. The van der Waals surface area contributed by atoms with Crippen LogP contribution in [0.1, 0.15) is 36.7 Å². The van der Waals surface area contributed by atoms with Gasteiger partial charge in [0.25, 0.3) is 5.89 Å². The maximum absolute atomic E-state index is 12.8. The Morgan fingerprint density at radius 2 is 2.03 bits per heavy atom. The van der Waals surface area contributed by atoms with Crippen molar-refractivity contribution in [3.8, 4) is 23.0 Å². The second kappa shape index (κ2) is 8.36. The molecule has 0 saturated carbocycles. The highest BCUT2D eigenvalue weighted by molar-refractivity contribution is 6.32. The second-order valence-corrected chi connectivity index (χ2v) is 7.84. The van der Waals surface area contributed by atoms with Gasteiger partial charge in [0.15, 0.2) is 17.3 Å². The number of hydrogen-bond acceptors (Lipinski definition) is 6. The summed E-state index contributed by atoms with van der Waals surface area (Å²) in [6.45, 7) is 6.81. The summed E-state index contributed by atoms with van der Waals surface area (Å²) >= 11 is 6.28. The number of aryl methyl sites for hydroxylation is 1. The Morgan fingerprint density at radius 3 is 2.80 bits per heavy atom. The number of nitrogens with zero attached hydrogens (tertiary/aromatic N) is 2. The zero-order valence-corrected chi connectivity index (χ0v) is 17.7. The molecule has 0 bridgehead atoms. The van der Waals surface area contributed by atoms with Gasteiger partial charge >= 0.3 is 0 Å². The average molecular weight is 428 g/mol. The van der Waals surface area contributed by atoms with Crippen LogP contribution in [0.15, 0.2) is 34.9 Å². The molecule has 1 amide bonds. The van der Waals surface area contributed by atoms with Crippen molar-refractivity contribution in [2.75, 3.05) is 18.5 Å². The predicted molar refractivity (Wildman–Crippen MR) is 113 cm³/mol. The molecular weight excluding hydrogens is 406 g/mol. The second-order valence-electron chi connectivity index (χ2n) is 7.44. The van der Waals surface area contributed by atoms with Crippen LogP contribution in [0.25, 0.3) is 11.5 Å². The number of amides is 1. The molecule has 1 N–H and O–H groups in total. The van der Waals surface area contributed by atoms with Crippen LogP contribution in [0.3, 0.4) is 0 Å². The maximum Gasteiger partial charge on any atom is 0.260 e. The minimum absolute atomic E-state index is 0.130. The lowest BCUT2D eigenvalue weighted by Gasteiger charge is -2.20. The van der Waals surface area contributed by atoms with Crippen molar-refractivity contribution in [2.45, 2.75) is 33.1 Å². The number of hydrogen-bond donors (Lipinski definition) is 1. The molecule has 0 radical (unpaired) electrons. The summed E-state index contributed by atoms with van der Waals surface area (Å²) < 4.78 is 16.5. The third kappa shape index (κ3) is 4.11. The first kappa shape index (κ1) is 20.2. The zero-order valence-electron chi connectivity index (χ0n) is 17.0. The SMILES string of the molecule is Cc1cccc(-c2nc(C(C)C)no2)c1NC(=O)Cc1cc(Cl)c2c(c1)OCCO2. The predicted octanol–water partition coefficient (Wildman–Crippen LogP) is 4.77. The van der Waals surface area contributed by atoms with Crippen LogP contribution in [0.5, 0.6) is 11.5 Å². The van der Waals surface area contributed by atoms with Crippen molar-refractivity contribution >= 4 is 23.2 Å². The number of fused-ring (bicyclic) bond motifs is 1. The van der Waals surface area contributed by atoms with E-state index in [2.05, 4.69) is 15.5 Å². The van der Waals surface area contributed by atoms with E-state index >= 15 is 0 Å². The molecule has 1 aliphatic rings. The summed E-state index contributed by atoms with van der Waals surface area (Å²) in [4.78, 5) is 17.3. The molecule has 0 saturated heterocycles. The normalized spacial score (nSPS) is 12.8. The molecule has 0 aliphatic carbocycles. The van der Waals surface area contributed by atoms with Gasteiger partial charge in [-0.2, -0.15) is 4.98 Å².